The third kappa shape index (κ3) is 9.67. The van der Waals surface area contributed by atoms with Gasteiger partial charge in [-0.25, -0.2) is 8.42 Å². The van der Waals surface area contributed by atoms with Crippen molar-refractivity contribution in [3.63, 3.8) is 0 Å². The van der Waals surface area contributed by atoms with E-state index in [1.165, 1.54) is 19.2 Å². The number of rotatable bonds is 12. The molecule has 0 saturated carbocycles. The first-order chi connectivity index (χ1) is 15.7. The van der Waals surface area contributed by atoms with Crippen LogP contribution in [0, 0.1) is 6.92 Å². The molecule has 2 aromatic carbocycles. The Hall–Kier alpha value is -2.20. The zero-order chi connectivity index (χ0) is 24.3. The van der Waals surface area contributed by atoms with Crippen LogP contribution in [0.4, 0.5) is 0 Å². The molecule has 2 aromatic rings. The second-order valence-corrected chi connectivity index (χ2v) is 10.1. The summed E-state index contributed by atoms with van der Waals surface area (Å²) < 4.78 is 32.5. The molecule has 0 aliphatic carbocycles. The Bertz CT molecular complexity index is 1010. The molecule has 3 N–H and O–H groups in total. The van der Waals surface area contributed by atoms with Crippen LogP contribution in [-0.4, -0.2) is 45.7 Å². The molecule has 0 bridgehead atoms. The molecule has 0 saturated heterocycles. The van der Waals surface area contributed by atoms with E-state index in [1.54, 1.807) is 12.1 Å². The molecular formula is C23H30ClN3O4S2. The number of benzene rings is 2. The number of carbonyl (C=O) groups excluding carboxylic acids is 1. The Morgan fingerprint density at radius 1 is 1.03 bits per heavy atom. The van der Waals surface area contributed by atoms with Crippen LogP contribution in [0.1, 0.15) is 30.4 Å². The molecule has 0 aliphatic rings. The average molecular weight is 512 g/mol. The van der Waals surface area contributed by atoms with E-state index in [0.29, 0.717) is 42.5 Å². The van der Waals surface area contributed by atoms with Crippen LogP contribution in [0.15, 0.2) is 53.4 Å². The number of aryl methyl sites for hydroxylation is 1. The Morgan fingerprint density at radius 2 is 1.67 bits per heavy atom. The van der Waals surface area contributed by atoms with Gasteiger partial charge in [0, 0.05) is 18.1 Å². The van der Waals surface area contributed by atoms with E-state index in [4.69, 9.17) is 28.6 Å². The molecule has 0 radical (unpaired) electrons. The van der Waals surface area contributed by atoms with Crippen molar-refractivity contribution in [3.05, 3.63) is 64.7 Å². The van der Waals surface area contributed by atoms with Gasteiger partial charge in [-0.3, -0.25) is 4.79 Å². The molecule has 0 aliphatic heterocycles. The lowest BCUT2D eigenvalue weighted by Crippen LogP contribution is -2.41. The van der Waals surface area contributed by atoms with E-state index in [-0.39, 0.29) is 4.90 Å². The van der Waals surface area contributed by atoms with Crippen molar-refractivity contribution in [1.82, 2.24) is 15.4 Å². The summed E-state index contributed by atoms with van der Waals surface area (Å²) in [5.74, 6) is -0.613. The van der Waals surface area contributed by atoms with Gasteiger partial charge in [0.2, 0.25) is 10.0 Å². The summed E-state index contributed by atoms with van der Waals surface area (Å²) in [6.07, 6.45) is 2.45. The molecule has 7 nitrogen and oxygen atoms in total. The minimum Gasteiger partial charge on any atom is -0.468 e. The van der Waals surface area contributed by atoms with Crippen molar-refractivity contribution in [1.29, 1.82) is 0 Å². The Morgan fingerprint density at radius 3 is 2.30 bits per heavy atom. The van der Waals surface area contributed by atoms with Crippen LogP contribution in [0.5, 0.6) is 0 Å². The summed E-state index contributed by atoms with van der Waals surface area (Å²) >= 11 is 11.2. The predicted molar refractivity (Wildman–Crippen MR) is 135 cm³/mol. The lowest BCUT2D eigenvalue weighted by Gasteiger charge is -2.17. The largest absolute Gasteiger partial charge is 0.468 e. The minimum absolute atomic E-state index is 0.110. The summed E-state index contributed by atoms with van der Waals surface area (Å²) in [4.78, 5) is 12.2. The third-order valence-corrected chi connectivity index (χ3v) is 6.96. The molecule has 10 heteroatoms. The third-order valence-electron chi connectivity index (χ3n) is 4.93. The van der Waals surface area contributed by atoms with Crippen LogP contribution >= 0.6 is 23.8 Å². The van der Waals surface area contributed by atoms with Crippen LogP contribution in [-0.2, 0) is 26.0 Å². The first-order valence-electron chi connectivity index (χ1n) is 10.6. The fourth-order valence-corrected chi connectivity index (χ4v) is 4.60. The second-order valence-electron chi connectivity index (χ2n) is 7.57. The van der Waals surface area contributed by atoms with Gasteiger partial charge < -0.3 is 15.4 Å². The number of thiocarbonyl (C=S) groups is 1. The molecule has 0 amide bonds. The number of ether oxygens (including phenoxy) is 1. The second kappa shape index (κ2) is 13.5. The number of hydrogen-bond acceptors (Lipinski definition) is 5. The highest BCUT2D eigenvalue weighted by Crippen LogP contribution is 2.13. The quantitative estimate of drug-likeness (QED) is 0.228. The maximum Gasteiger partial charge on any atom is 0.323 e. The molecule has 0 heterocycles. The SMILES string of the molecule is COC(=O)C(CCCCNC(=S)NCCc1ccc(Cl)cc1)NS(=O)(=O)c1ccc(C)cc1. The Labute approximate surface area is 206 Å². The van der Waals surface area contributed by atoms with Gasteiger partial charge in [0.1, 0.15) is 6.04 Å². The zero-order valence-electron chi connectivity index (χ0n) is 18.8. The number of carbonyl (C=O) groups is 1. The fraction of sp³-hybridized carbons (Fsp3) is 0.391. The van der Waals surface area contributed by atoms with E-state index in [0.717, 1.165) is 17.5 Å². The molecule has 33 heavy (non-hydrogen) atoms. The lowest BCUT2D eigenvalue weighted by atomic mass is 10.1. The maximum atomic E-state index is 12.6. The summed E-state index contributed by atoms with van der Waals surface area (Å²) in [6, 6.07) is 13.2. The van der Waals surface area contributed by atoms with Crippen molar-refractivity contribution >= 4 is 44.9 Å². The number of nitrogens with one attached hydrogen (secondary N) is 3. The topological polar surface area (TPSA) is 96.5 Å². The van der Waals surface area contributed by atoms with E-state index in [2.05, 4.69) is 15.4 Å². The molecule has 0 spiro atoms. The normalized spacial score (nSPS) is 12.1. The van der Waals surface area contributed by atoms with Crippen molar-refractivity contribution in [3.8, 4) is 0 Å². The number of sulfonamides is 1. The smallest absolute Gasteiger partial charge is 0.323 e. The van der Waals surface area contributed by atoms with Crippen LogP contribution in [0.2, 0.25) is 5.02 Å². The summed E-state index contributed by atoms with van der Waals surface area (Å²) in [5, 5.41) is 7.53. The number of esters is 1. The van der Waals surface area contributed by atoms with Crippen molar-refractivity contribution in [2.45, 2.75) is 43.5 Å². The highest BCUT2D eigenvalue weighted by atomic mass is 35.5. The van der Waals surface area contributed by atoms with E-state index in [9.17, 15) is 13.2 Å². The number of halogens is 1. The van der Waals surface area contributed by atoms with Gasteiger partial charge >= 0.3 is 5.97 Å². The van der Waals surface area contributed by atoms with Gasteiger partial charge in [-0.05, 0) is 74.7 Å². The van der Waals surface area contributed by atoms with E-state index in [1.807, 2.05) is 31.2 Å². The average Bonchev–Trinajstić information content (AvgIpc) is 2.79. The monoisotopic (exact) mass is 511 g/mol. The van der Waals surface area contributed by atoms with Gasteiger partial charge in [-0.1, -0.05) is 41.4 Å². The van der Waals surface area contributed by atoms with Gasteiger partial charge in [0.25, 0.3) is 0 Å². The van der Waals surface area contributed by atoms with E-state index >= 15 is 0 Å². The van der Waals surface area contributed by atoms with E-state index < -0.39 is 22.0 Å². The maximum absolute atomic E-state index is 12.6. The molecular weight excluding hydrogens is 482 g/mol. The Kier molecular flexibility index (Phi) is 11.1. The lowest BCUT2D eigenvalue weighted by molar-refractivity contribution is -0.142. The van der Waals surface area contributed by atoms with Gasteiger partial charge in [-0.15, -0.1) is 0 Å². The zero-order valence-corrected chi connectivity index (χ0v) is 21.2. The molecule has 0 aromatic heterocycles. The first kappa shape index (κ1) is 27.0. The molecule has 0 fully saturated rings. The highest BCUT2D eigenvalue weighted by molar-refractivity contribution is 7.89. The molecule has 1 unspecified atom stereocenters. The Balaban J connectivity index is 1.72. The number of unbranched alkanes of at least 4 members (excludes halogenated alkanes) is 1. The molecule has 180 valence electrons. The predicted octanol–water partition coefficient (Wildman–Crippen LogP) is 3.35. The standard InChI is InChI=1S/C23H30ClN3O4S2/c1-17-6-12-20(13-7-17)33(29,30)27-21(22(28)31-2)5-3-4-15-25-23(32)26-16-14-18-8-10-19(24)11-9-18/h6-13,21,27H,3-5,14-16H2,1-2H3,(H2,25,26,32). The minimum atomic E-state index is -3.83. The fourth-order valence-electron chi connectivity index (χ4n) is 3.05. The summed E-state index contributed by atoms with van der Waals surface area (Å²) in [6.45, 7) is 3.17. The van der Waals surface area contributed by atoms with Crippen molar-refractivity contribution < 1.29 is 17.9 Å². The van der Waals surface area contributed by atoms with Crippen LogP contribution in [0.3, 0.4) is 0 Å². The van der Waals surface area contributed by atoms with Crippen molar-refractivity contribution in [2.24, 2.45) is 0 Å². The van der Waals surface area contributed by atoms with Gasteiger partial charge in [0.15, 0.2) is 5.11 Å². The van der Waals surface area contributed by atoms with Crippen LogP contribution < -0.4 is 15.4 Å². The summed E-state index contributed by atoms with van der Waals surface area (Å²) in [7, 11) is -2.59. The van der Waals surface area contributed by atoms with Gasteiger partial charge in [-0.2, -0.15) is 4.72 Å². The first-order valence-corrected chi connectivity index (χ1v) is 12.9. The highest BCUT2D eigenvalue weighted by Gasteiger charge is 2.26. The number of hydrogen-bond donors (Lipinski definition) is 3. The molecule has 1 atom stereocenters. The van der Waals surface area contributed by atoms with Crippen LogP contribution in [0.25, 0.3) is 0 Å². The number of methoxy groups -OCH3 is 1. The van der Waals surface area contributed by atoms with Gasteiger partial charge in [0.05, 0.1) is 12.0 Å². The molecule has 2 rings (SSSR count). The van der Waals surface area contributed by atoms with Crippen molar-refractivity contribution in [2.75, 3.05) is 20.2 Å². The summed E-state index contributed by atoms with van der Waals surface area (Å²) in [5.41, 5.74) is 2.11.